The Hall–Kier alpha value is -2.84. The van der Waals surface area contributed by atoms with Crippen molar-refractivity contribution in [3.05, 3.63) is 93.6 Å². The predicted molar refractivity (Wildman–Crippen MR) is 139 cm³/mol. The van der Waals surface area contributed by atoms with Gasteiger partial charge in [0.25, 0.3) is 5.91 Å². The van der Waals surface area contributed by atoms with Crippen LogP contribution in [0, 0.1) is 6.92 Å². The molecule has 0 saturated heterocycles. The molecule has 0 radical (unpaired) electrons. The molecule has 0 spiro atoms. The van der Waals surface area contributed by atoms with E-state index in [1.54, 1.807) is 53.3 Å². The van der Waals surface area contributed by atoms with Gasteiger partial charge >= 0.3 is 0 Å². The number of aromatic nitrogens is 3. The Morgan fingerprint density at radius 2 is 1.68 bits per heavy atom. The summed E-state index contributed by atoms with van der Waals surface area (Å²) >= 11 is 12.3. The zero-order chi connectivity index (χ0) is 22.7. The minimum atomic E-state index is -0.439. The second-order valence-corrected chi connectivity index (χ2v) is 7.93. The average molecular weight is 541 g/mol. The number of halogens is 4. The fraction of sp³-hybridized carbons (Fsp3) is 0.130. The Kier molecular flexibility index (Phi) is 9.70. The monoisotopic (exact) mass is 539 g/mol. The fourth-order valence-electron chi connectivity index (χ4n) is 3.36. The van der Waals surface area contributed by atoms with Crippen LogP contribution in [0.2, 0.25) is 10.0 Å². The van der Waals surface area contributed by atoms with Crippen LogP contribution < -0.4 is 10.6 Å². The summed E-state index contributed by atoms with van der Waals surface area (Å²) in [5.74, 6) is -0.574. The first-order valence-electron chi connectivity index (χ1n) is 9.81. The summed E-state index contributed by atoms with van der Waals surface area (Å²) < 4.78 is 1.80. The fourth-order valence-corrected chi connectivity index (χ4v) is 3.92. The topological polar surface area (TPSA) is 88.4 Å². The number of nitrogens with one attached hydrogen (secondary N) is 2. The molecular weight excluding hydrogens is 520 g/mol. The number of fused-ring (bicyclic) bond motifs is 1. The highest BCUT2D eigenvalue weighted by molar-refractivity contribution is 6.40. The number of aryl methyl sites for hydroxylation is 1. The molecule has 0 aliphatic heterocycles. The van der Waals surface area contributed by atoms with Crippen molar-refractivity contribution in [2.24, 2.45) is 0 Å². The molecule has 2 amide bonds. The van der Waals surface area contributed by atoms with Crippen molar-refractivity contribution >= 4 is 71.2 Å². The molecule has 3 aromatic heterocycles. The van der Waals surface area contributed by atoms with E-state index >= 15 is 0 Å². The minimum absolute atomic E-state index is 0. The molecule has 1 aromatic carbocycles. The standard InChI is InChI=1S/C23H19Cl2N5O2.2ClH/c1-14-19(12-20(31)27-13-15-7-9-26-10-8-15)30-11-3-6-18(22(30)28-14)29-23(32)21-16(24)4-2-5-17(21)25;;/h2-11H,12-13H2,1H3,(H,27,31)(H,29,32);2*1H. The van der Waals surface area contributed by atoms with Gasteiger partial charge in [-0.15, -0.1) is 24.8 Å². The van der Waals surface area contributed by atoms with E-state index in [1.807, 2.05) is 19.1 Å². The quantitative estimate of drug-likeness (QED) is 0.347. The zero-order valence-corrected chi connectivity index (χ0v) is 21.1. The van der Waals surface area contributed by atoms with E-state index in [-0.39, 0.29) is 52.8 Å². The van der Waals surface area contributed by atoms with Crippen molar-refractivity contribution in [2.75, 3.05) is 5.32 Å². The van der Waals surface area contributed by atoms with Crippen LogP contribution in [0.25, 0.3) is 5.65 Å². The molecule has 0 aliphatic rings. The van der Waals surface area contributed by atoms with Gasteiger partial charge in [-0.3, -0.25) is 14.6 Å². The maximum absolute atomic E-state index is 12.8. The molecule has 2 N–H and O–H groups in total. The van der Waals surface area contributed by atoms with Crippen molar-refractivity contribution in [1.82, 2.24) is 19.7 Å². The largest absolute Gasteiger partial charge is 0.352 e. The number of nitrogens with zero attached hydrogens (tertiary/aromatic N) is 3. The van der Waals surface area contributed by atoms with Gasteiger partial charge in [0.1, 0.15) is 0 Å². The Morgan fingerprint density at radius 3 is 2.35 bits per heavy atom. The normalized spacial score (nSPS) is 10.2. The van der Waals surface area contributed by atoms with Crippen molar-refractivity contribution < 1.29 is 9.59 Å². The number of rotatable bonds is 6. The van der Waals surface area contributed by atoms with E-state index in [4.69, 9.17) is 23.2 Å². The maximum atomic E-state index is 12.8. The van der Waals surface area contributed by atoms with E-state index in [1.165, 1.54) is 0 Å². The van der Waals surface area contributed by atoms with Crippen LogP contribution in [0.3, 0.4) is 0 Å². The van der Waals surface area contributed by atoms with Gasteiger partial charge in [0.2, 0.25) is 5.91 Å². The molecule has 4 rings (SSSR count). The summed E-state index contributed by atoms with van der Waals surface area (Å²) in [6, 6.07) is 12.1. The summed E-state index contributed by atoms with van der Waals surface area (Å²) in [5.41, 5.74) is 3.60. The first kappa shape index (κ1) is 27.4. The van der Waals surface area contributed by atoms with Crippen molar-refractivity contribution in [3.8, 4) is 0 Å². The number of hydrogen-bond donors (Lipinski definition) is 2. The molecule has 178 valence electrons. The lowest BCUT2D eigenvalue weighted by atomic mass is 10.2. The van der Waals surface area contributed by atoms with Crippen LogP contribution in [0.4, 0.5) is 5.69 Å². The third-order valence-electron chi connectivity index (χ3n) is 4.95. The molecule has 0 saturated carbocycles. The zero-order valence-electron chi connectivity index (χ0n) is 17.9. The Bertz CT molecular complexity index is 1290. The van der Waals surface area contributed by atoms with Crippen LogP contribution in [0.5, 0.6) is 0 Å². The highest BCUT2D eigenvalue weighted by atomic mass is 35.5. The molecule has 7 nitrogen and oxygen atoms in total. The number of imidazole rings is 1. The lowest BCUT2D eigenvalue weighted by Crippen LogP contribution is -2.25. The number of amides is 2. The van der Waals surface area contributed by atoms with E-state index < -0.39 is 5.91 Å². The third kappa shape index (κ3) is 5.98. The lowest BCUT2D eigenvalue weighted by Gasteiger charge is -2.10. The molecule has 0 aliphatic carbocycles. The molecule has 34 heavy (non-hydrogen) atoms. The summed E-state index contributed by atoms with van der Waals surface area (Å²) in [7, 11) is 0. The Labute approximate surface area is 218 Å². The SMILES string of the molecule is Cc1nc2c(NC(=O)c3c(Cl)cccc3Cl)cccn2c1CC(=O)NCc1ccncc1.Cl.Cl. The molecule has 0 fully saturated rings. The van der Waals surface area contributed by atoms with Gasteiger partial charge in [-0.2, -0.15) is 0 Å². The highest BCUT2D eigenvalue weighted by Crippen LogP contribution is 2.27. The molecule has 3 heterocycles. The summed E-state index contributed by atoms with van der Waals surface area (Å²) in [4.78, 5) is 33.9. The molecular formula is C23H21Cl4N5O2. The summed E-state index contributed by atoms with van der Waals surface area (Å²) in [5, 5.41) is 6.24. The van der Waals surface area contributed by atoms with Crippen LogP contribution in [-0.4, -0.2) is 26.2 Å². The van der Waals surface area contributed by atoms with Crippen molar-refractivity contribution in [3.63, 3.8) is 0 Å². The Balaban J connectivity index is 0.00000204. The molecule has 4 aromatic rings. The van der Waals surface area contributed by atoms with Gasteiger partial charge in [-0.25, -0.2) is 4.98 Å². The van der Waals surface area contributed by atoms with Gasteiger partial charge in [0.15, 0.2) is 5.65 Å². The predicted octanol–water partition coefficient (Wildman–Crippen LogP) is 5.30. The summed E-state index contributed by atoms with van der Waals surface area (Å²) in [6.45, 7) is 2.24. The third-order valence-corrected chi connectivity index (χ3v) is 5.58. The first-order chi connectivity index (χ1) is 15.4. The highest BCUT2D eigenvalue weighted by Gasteiger charge is 2.19. The van der Waals surface area contributed by atoms with Crippen LogP contribution in [0.1, 0.15) is 27.3 Å². The van der Waals surface area contributed by atoms with Gasteiger partial charge in [0.05, 0.1) is 39.1 Å². The second-order valence-electron chi connectivity index (χ2n) is 7.12. The number of carbonyl (C=O) groups is 2. The number of carbonyl (C=O) groups excluding carboxylic acids is 2. The lowest BCUT2D eigenvalue weighted by molar-refractivity contribution is -0.120. The van der Waals surface area contributed by atoms with E-state index in [0.29, 0.717) is 23.6 Å². The average Bonchev–Trinajstić information content (AvgIpc) is 3.09. The van der Waals surface area contributed by atoms with Crippen LogP contribution in [-0.2, 0) is 17.8 Å². The van der Waals surface area contributed by atoms with E-state index in [2.05, 4.69) is 20.6 Å². The van der Waals surface area contributed by atoms with Crippen LogP contribution >= 0.6 is 48.0 Å². The molecule has 0 bridgehead atoms. The number of pyridine rings is 2. The smallest absolute Gasteiger partial charge is 0.258 e. The summed E-state index contributed by atoms with van der Waals surface area (Å²) in [6.07, 6.45) is 5.31. The molecule has 0 atom stereocenters. The van der Waals surface area contributed by atoms with Gasteiger partial charge in [0, 0.05) is 25.1 Å². The van der Waals surface area contributed by atoms with Crippen molar-refractivity contribution in [1.29, 1.82) is 0 Å². The van der Waals surface area contributed by atoms with Gasteiger partial charge < -0.3 is 15.0 Å². The minimum Gasteiger partial charge on any atom is -0.352 e. The van der Waals surface area contributed by atoms with E-state index in [9.17, 15) is 9.59 Å². The number of benzene rings is 1. The Morgan fingerprint density at radius 1 is 1.00 bits per heavy atom. The van der Waals surface area contributed by atoms with Gasteiger partial charge in [-0.05, 0) is 48.9 Å². The maximum Gasteiger partial charge on any atom is 0.258 e. The van der Waals surface area contributed by atoms with E-state index in [0.717, 1.165) is 11.3 Å². The van der Waals surface area contributed by atoms with Crippen LogP contribution in [0.15, 0.2) is 61.1 Å². The number of hydrogen-bond acceptors (Lipinski definition) is 4. The van der Waals surface area contributed by atoms with Crippen molar-refractivity contribution in [2.45, 2.75) is 19.9 Å². The molecule has 0 unspecified atom stereocenters. The number of anilines is 1. The second kappa shape index (κ2) is 12.0. The first-order valence-corrected chi connectivity index (χ1v) is 10.6. The molecule has 11 heteroatoms. The van der Waals surface area contributed by atoms with Gasteiger partial charge in [-0.1, -0.05) is 29.3 Å².